The first kappa shape index (κ1) is 21.4. The van der Waals surface area contributed by atoms with Crippen LogP contribution in [0.2, 0.25) is 5.02 Å². The van der Waals surface area contributed by atoms with Crippen LogP contribution in [0, 0.1) is 12.7 Å². The maximum atomic E-state index is 13.8. The zero-order valence-electron chi connectivity index (χ0n) is 14.8. The zero-order chi connectivity index (χ0) is 18.7. The molecule has 0 radical (unpaired) electrons. The summed E-state index contributed by atoms with van der Waals surface area (Å²) in [4.78, 5) is 24.8. The molecule has 1 aliphatic heterocycles. The summed E-state index contributed by atoms with van der Waals surface area (Å²) >= 11 is 5.95. The highest BCUT2D eigenvalue weighted by Crippen LogP contribution is 2.25. The first-order valence-corrected chi connectivity index (χ1v) is 8.91. The van der Waals surface area contributed by atoms with Crippen LogP contribution in [0.5, 0.6) is 0 Å². The summed E-state index contributed by atoms with van der Waals surface area (Å²) in [6.45, 7) is 3.34. The summed E-state index contributed by atoms with van der Waals surface area (Å²) in [6, 6.07) is 6.05. The molecule has 0 aliphatic carbocycles. The first-order chi connectivity index (χ1) is 12.5. The average molecular weight is 415 g/mol. The monoisotopic (exact) mass is 414 g/mol. The lowest BCUT2D eigenvalue weighted by Crippen LogP contribution is -2.31. The molecule has 8 heteroatoms. The molecule has 2 aromatic rings. The number of hydrogen-bond acceptors (Lipinski definition) is 4. The normalized spacial score (nSPS) is 14.5. The minimum absolute atomic E-state index is 0. The van der Waals surface area contributed by atoms with Crippen molar-refractivity contribution in [2.45, 2.75) is 32.2 Å². The minimum Gasteiger partial charge on any atom is -0.427 e. The minimum atomic E-state index is -0.671. The molecule has 0 spiro atoms. The maximum Gasteiger partial charge on any atom is 0.349 e. The molecule has 0 unspecified atom stereocenters. The van der Waals surface area contributed by atoms with Gasteiger partial charge < -0.3 is 15.1 Å². The van der Waals surface area contributed by atoms with E-state index in [1.165, 1.54) is 12.1 Å². The largest absolute Gasteiger partial charge is 0.427 e. The highest BCUT2D eigenvalue weighted by molar-refractivity contribution is 6.31. The summed E-state index contributed by atoms with van der Waals surface area (Å²) in [5.41, 5.74) is -0.00592. The van der Waals surface area contributed by atoms with E-state index in [0.717, 1.165) is 25.9 Å². The van der Waals surface area contributed by atoms with Crippen molar-refractivity contribution in [2.75, 3.05) is 13.1 Å². The van der Waals surface area contributed by atoms with Crippen LogP contribution in [-0.4, -0.2) is 19.0 Å². The number of piperidine rings is 1. The van der Waals surface area contributed by atoms with Crippen molar-refractivity contribution in [2.24, 2.45) is 0 Å². The number of carbonyl (C=O) groups is 1. The van der Waals surface area contributed by atoms with Gasteiger partial charge in [-0.05, 0) is 56.6 Å². The van der Waals surface area contributed by atoms with Gasteiger partial charge in [-0.25, -0.2) is 9.18 Å². The lowest BCUT2D eigenvalue weighted by molar-refractivity contribution is 0.0945. The van der Waals surface area contributed by atoms with Gasteiger partial charge in [-0.15, -0.1) is 12.4 Å². The van der Waals surface area contributed by atoms with Gasteiger partial charge in [0, 0.05) is 23.0 Å². The van der Waals surface area contributed by atoms with E-state index in [0.29, 0.717) is 11.3 Å². The van der Waals surface area contributed by atoms with E-state index < -0.39 is 17.3 Å². The Hall–Kier alpha value is -1.89. The standard InChI is InChI=1S/C19H20ClFN2O3.ClH/c1-11-9-16(12-5-7-22-8-6-12)26-19(25)17(11)18(24)23-10-13-14(20)3-2-4-15(13)21;/h2-4,9,12,22H,5-8,10H2,1H3,(H,23,24);1H. The molecule has 1 aromatic carbocycles. The molecule has 0 bridgehead atoms. The molecular weight excluding hydrogens is 394 g/mol. The number of benzene rings is 1. The van der Waals surface area contributed by atoms with E-state index >= 15 is 0 Å². The predicted molar refractivity (Wildman–Crippen MR) is 104 cm³/mol. The molecule has 3 rings (SSSR count). The van der Waals surface area contributed by atoms with Crippen LogP contribution in [0.15, 0.2) is 33.5 Å². The van der Waals surface area contributed by atoms with E-state index in [1.807, 2.05) is 0 Å². The number of carbonyl (C=O) groups excluding carboxylic acids is 1. The van der Waals surface area contributed by atoms with E-state index in [1.54, 1.807) is 19.1 Å². The lowest BCUT2D eigenvalue weighted by Gasteiger charge is -2.22. The SMILES string of the molecule is Cc1cc(C2CCNCC2)oc(=O)c1C(=O)NCc1c(F)cccc1Cl.Cl. The highest BCUT2D eigenvalue weighted by Gasteiger charge is 2.22. The molecule has 1 saturated heterocycles. The van der Waals surface area contributed by atoms with Crippen LogP contribution in [0.1, 0.15) is 46.0 Å². The summed E-state index contributed by atoms with van der Waals surface area (Å²) in [7, 11) is 0. The highest BCUT2D eigenvalue weighted by atomic mass is 35.5. The third-order valence-corrected chi connectivity index (χ3v) is 4.98. The van der Waals surface area contributed by atoms with Gasteiger partial charge >= 0.3 is 5.63 Å². The second-order valence-electron chi connectivity index (χ2n) is 6.40. The summed E-state index contributed by atoms with van der Waals surface area (Å²) < 4.78 is 19.2. The fourth-order valence-electron chi connectivity index (χ4n) is 3.17. The van der Waals surface area contributed by atoms with Crippen molar-refractivity contribution >= 4 is 29.9 Å². The van der Waals surface area contributed by atoms with E-state index in [2.05, 4.69) is 10.6 Å². The van der Waals surface area contributed by atoms with Gasteiger partial charge in [0.15, 0.2) is 0 Å². The van der Waals surface area contributed by atoms with Crippen LogP contribution in [0.4, 0.5) is 4.39 Å². The number of aryl methyl sites for hydroxylation is 1. The van der Waals surface area contributed by atoms with Crippen molar-refractivity contribution < 1.29 is 13.6 Å². The number of rotatable bonds is 4. The Labute approximate surface area is 167 Å². The van der Waals surface area contributed by atoms with Gasteiger partial charge in [-0.3, -0.25) is 4.79 Å². The van der Waals surface area contributed by atoms with Crippen molar-refractivity contribution in [1.82, 2.24) is 10.6 Å². The molecule has 27 heavy (non-hydrogen) atoms. The average Bonchev–Trinajstić information content (AvgIpc) is 2.61. The predicted octanol–water partition coefficient (Wildman–Crippen LogP) is 3.56. The number of amides is 1. The van der Waals surface area contributed by atoms with E-state index in [-0.39, 0.29) is 41.0 Å². The number of hydrogen-bond donors (Lipinski definition) is 2. The molecule has 1 aliphatic rings. The molecule has 1 aromatic heterocycles. The lowest BCUT2D eigenvalue weighted by atomic mass is 9.94. The van der Waals surface area contributed by atoms with Crippen LogP contribution in [-0.2, 0) is 6.54 Å². The van der Waals surface area contributed by atoms with Crippen LogP contribution in [0.25, 0.3) is 0 Å². The topological polar surface area (TPSA) is 71.3 Å². The Balaban J connectivity index is 0.00000261. The molecule has 1 amide bonds. The molecule has 0 saturated carbocycles. The van der Waals surface area contributed by atoms with Gasteiger partial charge in [0.2, 0.25) is 0 Å². The molecule has 2 N–H and O–H groups in total. The maximum absolute atomic E-state index is 13.8. The summed E-state index contributed by atoms with van der Waals surface area (Å²) in [5.74, 6) is -0.324. The van der Waals surface area contributed by atoms with Crippen LogP contribution in [0.3, 0.4) is 0 Å². The quantitative estimate of drug-likeness (QED) is 0.801. The Morgan fingerprint density at radius 1 is 1.37 bits per heavy atom. The number of nitrogens with one attached hydrogen (secondary N) is 2. The molecule has 2 heterocycles. The first-order valence-electron chi connectivity index (χ1n) is 8.54. The fraction of sp³-hybridized carbons (Fsp3) is 0.368. The molecular formula is C19H21Cl2FN2O3. The molecule has 146 valence electrons. The van der Waals surface area contributed by atoms with Gasteiger partial charge in [-0.2, -0.15) is 0 Å². The van der Waals surface area contributed by atoms with Crippen molar-refractivity contribution in [1.29, 1.82) is 0 Å². The third-order valence-electron chi connectivity index (χ3n) is 4.62. The van der Waals surface area contributed by atoms with Gasteiger partial charge in [0.05, 0.1) is 0 Å². The fourth-order valence-corrected chi connectivity index (χ4v) is 3.40. The van der Waals surface area contributed by atoms with Crippen molar-refractivity contribution in [3.63, 3.8) is 0 Å². The van der Waals surface area contributed by atoms with Crippen LogP contribution < -0.4 is 16.3 Å². The van der Waals surface area contributed by atoms with E-state index in [4.69, 9.17) is 16.0 Å². The van der Waals surface area contributed by atoms with Gasteiger partial charge in [-0.1, -0.05) is 17.7 Å². The number of halogens is 3. The zero-order valence-corrected chi connectivity index (χ0v) is 16.4. The van der Waals surface area contributed by atoms with E-state index in [9.17, 15) is 14.0 Å². The van der Waals surface area contributed by atoms with Gasteiger partial charge in [0.1, 0.15) is 17.1 Å². The second kappa shape index (κ2) is 9.35. The molecule has 5 nitrogen and oxygen atoms in total. The van der Waals surface area contributed by atoms with Gasteiger partial charge in [0.25, 0.3) is 5.91 Å². The Morgan fingerprint density at radius 3 is 2.70 bits per heavy atom. The van der Waals surface area contributed by atoms with Crippen molar-refractivity contribution in [3.05, 3.63) is 68.0 Å². The Bertz CT molecular complexity index is 859. The summed E-state index contributed by atoms with van der Waals surface area (Å²) in [5, 5.41) is 6.02. The Kier molecular flexibility index (Phi) is 7.41. The van der Waals surface area contributed by atoms with Crippen LogP contribution >= 0.6 is 24.0 Å². The van der Waals surface area contributed by atoms with Crippen molar-refractivity contribution in [3.8, 4) is 0 Å². The second-order valence-corrected chi connectivity index (χ2v) is 6.81. The summed E-state index contributed by atoms with van der Waals surface area (Å²) in [6.07, 6.45) is 1.78. The molecule has 0 atom stereocenters. The Morgan fingerprint density at radius 2 is 2.07 bits per heavy atom. The smallest absolute Gasteiger partial charge is 0.349 e. The molecule has 1 fully saturated rings. The third kappa shape index (κ3) is 4.89.